The highest BCUT2D eigenvalue weighted by Gasteiger charge is 2.26. The van der Waals surface area contributed by atoms with E-state index >= 15 is 0 Å². The third-order valence-corrected chi connectivity index (χ3v) is 5.50. The highest BCUT2D eigenvalue weighted by molar-refractivity contribution is 7.10. The number of aromatic nitrogens is 1. The molecule has 0 aliphatic carbocycles. The van der Waals surface area contributed by atoms with Crippen molar-refractivity contribution in [3.63, 3.8) is 0 Å². The van der Waals surface area contributed by atoms with Gasteiger partial charge in [-0.2, -0.15) is 4.37 Å². The van der Waals surface area contributed by atoms with Crippen molar-refractivity contribution in [3.8, 4) is 5.75 Å². The van der Waals surface area contributed by atoms with E-state index in [2.05, 4.69) is 9.69 Å². The van der Waals surface area contributed by atoms with Crippen molar-refractivity contribution in [1.82, 2.24) is 4.37 Å². The predicted octanol–water partition coefficient (Wildman–Crippen LogP) is 4.60. The minimum atomic E-state index is -0.608. The molecule has 0 saturated carbocycles. The summed E-state index contributed by atoms with van der Waals surface area (Å²) in [5, 5.41) is 3.56. The van der Waals surface area contributed by atoms with E-state index in [4.69, 9.17) is 14.2 Å². The summed E-state index contributed by atoms with van der Waals surface area (Å²) in [7, 11) is 1.71. The third-order valence-electron chi connectivity index (χ3n) is 4.55. The molecule has 0 bridgehead atoms. The molecule has 0 unspecified atom stereocenters. The molecule has 2 heterocycles. The van der Waals surface area contributed by atoms with Crippen LogP contribution in [0.15, 0.2) is 42.5 Å². The fourth-order valence-electron chi connectivity index (χ4n) is 3.15. The maximum atomic E-state index is 14.1. The van der Waals surface area contributed by atoms with Crippen LogP contribution in [0.2, 0.25) is 0 Å². The Morgan fingerprint density at radius 2 is 2.14 bits per heavy atom. The molecule has 2 aromatic carbocycles. The number of hydrogen-bond acceptors (Lipinski definition) is 7. The van der Waals surface area contributed by atoms with Crippen LogP contribution >= 0.6 is 11.5 Å². The number of benzene rings is 2. The first-order chi connectivity index (χ1) is 14.1. The second kappa shape index (κ2) is 8.18. The fourth-order valence-corrected chi connectivity index (χ4v) is 3.89. The maximum absolute atomic E-state index is 14.1. The van der Waals surface area contributed by atoms with Crippen LogP contribution in [0.4, 0.5) is 9.39 Å². The van der Waals surface area contributed by atoms with Crippen molar-refractivity contribution in [3.05, 3.63) is 76.2 Å². The average Bonchev–Trinajstić information content (AvgIpc) is 3.12. The summed E-state index contributed by atoms with van der Waals surface area (Å²) in [5.41, 5.74) is 2.84. The molecule has 6 nitrogen and oxygen atoms in total. The molecule has 1 aliphatic rings. The zero-order valence-corrected chi connectivity index (χ0v) is 16.7. The second-order valence-corrected chi connectivity index (χ2v) is 7.30. The molecule has 0 spiro atoms. The van der Waals surface area contributed by atoms with Gasteiger partial charge in [0.1, 0.15) is 28.7 Å². The largest absolute Gasteiger partial charge is 0.460 e. The lowest BCUT2D eigenvalue weighted by Crippen LogP contribution is -2.20. The van der Waals surface area contributed by atoms with Gasteiger partial charge in [0, 0.05) is 23.7 Å². The van der Waals surface area contributed by atoms with Crippen LogP contribution in [0.5, 0.6) is 5.75 Å². The first kappa shape index (κ1) is 19.4. The molecule has 0 amide bonds. The van der Waals surface area contributed by atoms with Gasteiger partial charge in [0.15, 0.2) is 0 Å². The summed E-state index contributed by atoms with van der Waals surface area (Å²) in [6.45, 7) is 1.81. The normalized spacial score (nSPS) is 15.3. The van der Waals surface area contributed by atoms with E-state index in [1.54, 1.807) is 14.0 Å². The number of ether oxygens (including phenoxy) is 3. The predicted molar refractivity (Wildman–Crippen MR) is 107 cm³/mol. The van der Waals surface area contributed by atoms with Crippen molar-refractivity contribution >= 4 is 22.5 Å². The Morgan fingerprint density at radius 1 is 1.34 bits per heavy atom. The van der Waals surface area contributed by atoms with Crippen LogP contribution in [0.25, 0.3) is 0 Å². The molecule has 1 aromatic heterocycles. The Kier molecular flexibility index (Phi) is 5.46. The number of hydrogen-bond donors (Lipinski definition) is 1. The van der Waals surface area contributed by atoms with E-state index in [-0.39, 0.29) is 13.2 Å². The van der Waals surface area contributed by atoms with Crippen LogP contribution in [-0.2, 0) is 22.7 Å². The molecule has 1 atom stereocenters. The minimum absolute atomic E-state index is 0.126. The second-order valence-electron chi connectivity index (χ2n) is 6.52. The molecule has 150 valence electrons. The standard InChI is InChI=1S/C21H19FN2O4S/c1-12-17(19(23-2)29-24-12)20(25)26-10-14-8-16(22)9-15-11-27-21(28-18(14)15)13-6-4-3-5-7-13/h3-9,21,23H,10-11H2,1-2H3/t21-/m1/s1. The van der Waals surface area contributed by atoms with Gasteiger partial charge >= 0.3 is 5.97 Å². The smallest absolute Gasteiger partial charge is 0.343 e. The van der Waals surface area contributed by atoms with Crippen LogP contribution in [0.3, 0.4) is 0 Å². The number of carbonyl (C=O) groups excluding carboxylic acids is 1. The molecule has 1 N–H and O–H groups in total. The summed E-state index contributed by atoms with van der Waals surface area (Å²) in [6, 6.07) is 12.2. The van der Waals surface area contributed by atoms with Gasteiger partial charge in [0.25, 0.3) is 0 Å². The number of fused-ring (bicyclic) bond motifs is 1. The summed E-state index contributed by atoms with van der Waals surface area (Å²) in [4.78, 5) is 12.6. The van der Waals surface area contributed by atoms with E-state index < -0.39 is 18.1 Å². The van der Waals surface area contributed by atoms with Gasteiger partial charge < -0.3 is 19.5 Å². The lowest BCUT2D eigenvalue weighted by molar-refractivity contribution is -0.112. The maximum Gasteiger partial charge on any atom is 0.343 e. The van der Waals surface area contributed by atoms with E-state index in [0.717, 1.165) is 5.56 Å². The lowest BCUT2D eigenvalue weighted by Gasteiger charge is -2.28. The number of halogens is 1. The number of aryl methyl sites for hydroxylation is 1. The molecule has 8 heteroatoms. The molecular weight excluding hydrogens is 395 g/mol. The summed E-state index contributed by atoms with van der Waals surface area (Å²) >= 11 is 1.19. The minimum Gasteiger partial charge on any atom is -0.460 e. The quantitative estimate of drug-likeness (QED) is 0.616. The molecule has 0 saturated heterocycles. The monoisotopic (exact) mass is 414 g/mol. The fraction of sp³-hybridized carbons (Fsp3) is 0.238. The van der Waals surface area contributed by atoms with Gasteiger partial charge in [-0.1, -0.05) is 30.3 Å². The molecule has 4 rings (SSSR count). The van der Waals surface area contributed by atoms with Gasteiger partial charge in [0.05, 0.1) is 12.3 Å². The number of nitrogens with one attached hydrogen (secondary N) is 1. The molecule has 0 radical (unpaired) electrons. The number of esters is 1. The number of anilines is 1. The SMILES string of the molecule is CNc1snc(C)c1C(=O)OCc1cc(F)cc2c1O[C@H](c1ccccc1)OC2. The molecule has 1 aliphatic heterocycles. The Bertz CT molecular complexity index is 1040. The van der Waals surface area contributed by atoms with Gasteiger partial charge in [-0.15, -0.1) is 0 Å². The Balaban J connectivity index is 1.56. The Hall–Kier alpha value is -2.97. The highest BCUT2D eigenvalue weighted by atomic mass is 32.1. The molecule has 0 fully saturated rings. The summed E-state index contributed by atoms with van der Waals surface area (Å²) in [5.74, 6) is -0.483. The van der Waals surface area contributed by atoms with Crippen LogP contribution < -0.4 is 10.1 Å². The van der Waals surface area contributed by atoms with Gasteiger partial charge in [-0.3, -0.25) is 0 Å². The van der Waals surface area contributed by atoms with Gasteiger partial charge in [0.2, 0.25) is 6.29 Å². The van der Waals surface area contributed by atoms with Crippen molar-refractivity contribution in [1.29, 1.82) is 0 Å². The Morgan fingerprint density at radius 3 is 2.90 bits per heavy atom. The zero-order chi connectivity index (χ0) is 20.4. The summed E-state index contributed by atoms with van der Waals surface area (Å²) in [6.07, 6.45) is -0.608. The topological polar surface area (TPSA) is 69.7 Å². The van der Waals surface area contributed by atoms with Crippen LogP contribution in [-0.4, -0.2) is 17.4 Å². The Labute approximate surface area is 171 Å². The van der Waals surface area contributed by atoms with Crippen LogP contribution in [0, 0.1) is 12.7 Å². The van der Waals surface area contributed by atoms with Crippen molar-refractivity contribution in [2.75, 3.05) is 12.4 Å². The van der Waals surface area contributed by atoms with Crippen LogP contribution in [0.1, 0.15) is 39.0 Å². The first-order valence-electron chi connectivity index (χ1n) is 9.02. The van der Waals surface area contributed by atoms with E-state index in [0.29, 0.717) is 33.1 Å². The van der Waals surface area contributed by atoms with Crippen molar-refractivity contribution in [2.24, 2.45) is 0 Å². The third kappa shape index (κ3) is 3.94. The lowest BCUT2D eigenvalue weighted by atomic mass is 10.1. The number of carbonyl (C=O) groups is 1. The number of nitrogens with zero attached hydrogens (tertiary/aromatic N) is 1. The van der Waals surface area contributed by atoms with Gasteiger partial charge in [-0.05, 0) is 30.6 Å². The van der Waals surface area contributed by atoms with Crippen molar-refractivity contribution < 1.29 is 23.4 Å². The van der Waals surface area contributed by atoms with E-state index in [9.17, 15) is 9.18 Å². The molecular formula is C21H19FN2O4S. The average molecular weight is 414 g/mol. The number of rotatable bonds is 5. The highest BCUT2D eigenvalue weighted by Crippen LogP contribution is 2.37. The van der Waals surface area contributed by atoms with Crippen molar-refractivity contribution in [2.45, 2.75) is 26.4 Å². The summed E-state index contributed by atoms with van der Waals surface area (Å²) < 4.78 is 35.4. The van der Waals surface area contributed by atoms with Gasteiger partial charge in [-0.25, -0.2) is 9.18 Å². The zero-order valence-electron chi connectivity index (χ0n) is 15.9. The van der Waals surface area contributed by atoms with E-state index in [1.807, 2.05) is 30.3 Å². The molecule has 29 heavy (non-hydrogen) atoms. The van der Waals surface area contributed by atoms with E-state index in [1.165, 1.54) is 23.7 Å². The molecule has 3 aromatic rings. The first-order valence-corrected chi connectivity index (χ1v) is 9.79.